The normalized spacial score (nSPS) is 23.9. The molecule has 1 aromatic rings. The first-order chi connectivity index (χ1) is 7.61. The fourth-order valence-electron chi connectivity index (χ4n) is 1.39. The lowest BCUT2D eigenvalue weighted by molar-refractivity contribution is -0.0106. The summed E-state index contributed by atoms with van der Waals surface area (Å²) in [5, 5.41) is 8.83. The Morgan fingerprint density at radius 1 is 1.62 bits per heavy atom. The third-order valence-electron chi connectivity index (χ3n) is 2.19. The Morgan fingerprint density at radius 3 is 3.00 bits per heavy atom. The van der Waals surface area contributed by atoms with Crippen LogP contribution in [-0.4, -0.2) is 27.4 Å². The summed E-state index contributed by atoms with van der Waals surface area (Å²) in [4.78, 5) is 14.7. The van der Waals surface area contributed by atoms with Gasteiger partial charge >= 0.3 is 5.69 Å². The minimum atomic E-state index is -0.788. The Hall–Kier alpha value is -1.73. The van der Waals surface area contributed by atoms with Crippen LogP contribution in [0.1, 0.15) is 6.23 Å². The van der Waals surface area contributed by atoms with E-state index >= 15 is 0 Å². The van der Waals surface area contributed by atoms with Gasteiger partial charge in [-0.05, 0) is 6.08 Å². The lowest BCUT2D eigenvalue weighted by Gasteiger charge is -2.14. The second kappa shape index (κ2) is 4.03. The number of halogens is 1. The van der Waals surface area contributed by atoms with Crippen LogP contribution >= 0.6 is 0 Å². The molecule has 0 fully saturated rings. The van der Waals surface area contributed by atoms with E-state index < -0.39 is 29.7 Å². The van der Waals surface area contributed by atoms with Crippen molar-refractivity contribution in [2.45, 2.75) is 12.3 Å². The first-order valence-electron chi connectivity index (χ1n) is 4.60. The van der Waals surface area contributed by atoms with Gasteiger partial charge in [0.2, 0.25) is 0 Å². The maximum atomic E-state index is 13.1. The number of ether oxygens (including phenoxy) is 1. The molecule has 86 valence electrons. The summed E-state index contributed by atoms with van der Waals surface area (Å²) in [5.41, 5.74) is 4.44. The molecule has 0 bridgehead atoms. The molecule has 0 radical (unpaired) electrons. The Labute approximate surface area is 89.8 Å². The Bertz CT molecular complexity index is 485. The minimum absolute atomic E-state index is 0.202. The molecular formula is C9H10FN3O3. The zero-order chi connectivity index (χ0) is 11.7. The fraction of sp³-hybridized carbons (Fsp3) is 0.333. The number of rotatable bonds is 2. The Balaban J connectivity index is 2.33. The monoisotopic (exact) mass is 227 g/mol. The van der Waals surface area contributed by atoms with Crippen LogP contribution < -0.4 is 11.4 Å². The van der Waals surface area contributed by atoms with E-state index in [0.717, 1.165) is 10.8 Å². The van der Waals surface area contributed by atoms with Crippen molar-refractivity contribution in [2.75, 3.05) is 12.3 Å². The molecule has 16 heavy (non-hydrogen) atoms. The molecule has 0 aromatic carbocycles. The number of anilines is 1. The predicted molar refractivity (Wildman–Crippen MR) is 53.0 cm³/mol. The molecule has 2 heterocycles. The van der Waals surface area contributed by atoms with Crippen molar-refractivity contribution in [3.05, 3.63) is 34.7 Å². The lowest BCUT2D eigenvalue weighted by Crippen LogP contribution is -2.29. The fourth-order valence-corrected chi connectivity index (χ4v) is 1.39. The van der Waals surface area contributed by atoms with Gasteiger partial charge < -0.3 is 15.6 Å². The van der Waals surface area contributed by atoms with E-state index in [1.54, 1.807) is 12.2 Å². The second-order valence-electron chi connectivity index (χ2n) is 3.30. The Kier molecular flexibility index (Phi) is 2.71. The van der Waals surface area contributed by atoms with Gasteiger partial charge in [0.05, 0.1) is 12.8 Å². The molecule has 2 rings (SSSR count). The van der Waals surface area contributed by atoms with Gasteiger partial charge in [-0.15, -0.1) is 0 Å². The minimum Gasteiger partial charge on any atom is -0.393 e. The lowest BCUT2D eigenvalue weighted by atomic mass is 10.4. The predicted octanol–water partition coefficient (Wildman–Crippen LogP) is -0.590. The average Bonchev–Trinajstić information content (AvgIpc) is 2.71. The maximum absolute atomic E-state index is 13.1. The van der Waals surface area contributed by atoms with Crippen molar-refractivity contribution in [2.24, 2.45) is 0 Å². The number of nitrogens with two attached hydrogens (primary N) is 1. The molecular weight excluding hydrogens is 217 g/mol. The molecule has 3 N–H and O–H groups in total. The van der Waals surface area contributed by atoms with E-state index in [1.807, 2.05) is 0 Å². The molecule has 1 aromatic heterocycles. The van der Waals surface area contributed by atoms with Crippen LogP contribution in [0.15, 0.2) is 23.1 Å². The van der Waals surface area contributed by atoms with E-state index in [4.69, 9.17) is 15.6 Å². The van der Waals surface area contributed by atoms with Gasteiger partial charge in [0.1, 0.15) is 6.10 Å². The van der Waals surface area contributed by atoms with E-state index in [1.165, 1.54) is 0 Å². The van der Waals surface area contributed by atoms with Crippen molar-refractivity contribution >= 4 is 5.82 Å². The van der Waals surface area contributed by atoms with Crippen molar-refractivity contribution in [1.29, 1.82) is 0 Å². The van der Waals surface area contributed by atoms with Crippen LogP contribution in [0.25, 0.3) is 0 Å². The number of hydrogen-bond donors (Lipinski definition) is 2. The van der Waals surface area contributed by atoms with Gasteiger partial charge in [-0.25, -0.2) is 9.18 Å². The molecule has 0 spiro atoms. The highest BCUT2D eigenvalue weighted by Gasteiger charge is 2.21. The third kappa shape index (κ3) is 1.82. The summed E-state index contributed by atoms with van der Waals surface area (Å²) >= 11 is 0. The largest absolute Gasteiger partial charge is 0.393 e. The quantitative estimate of drug-likeness (QED) is 0.659. The molecule has 0 aliphatic carbocycles. The van der Waals surface area contributed by atoms with Gasteiger partial charge in [0.25, 0.3) is 0 Å². The van der Waals surface area contributed by atoms with Crippen LogP contribution in [0.2, 0.25) is 0 Å². The van der Waals surface area contributed by atoms with Crippen LogP contribution in [-0.2, 0) is 4.74 Å². The highest BCUT2D eigenvalue weighted by Crippen LogP contribution is 2.19. The van der Waals surface area contributed by atoms with Crippen LogP contribution in [0, 0.1) is 5.82 Å². The smallest absolute Gasteiger partial charge is 0.352 e. The summed E-state index contributed by atoms with van der Waals surface area (Å²) in [6.45, 7) is -0.202. The van der Waals surface area contributed by atoms with Crippen LogP contribution in [0.3, 0.4) is 0 Å². The number of nitrogens with zero attached hydrogens (tertiary/aromatic N) is 2. The molecule has 1 aliphatic heterocycles. The Morgan fingerprint density at radius 2 is 2.38 bits per heavy atom. The first-order valence-corrected chi connectivity index (χ1v) is 4.60. The number of aromatic nitrogens is 2. The van der Waals surface area contributed by atoms with Crippen molar-refractivity contribution in [3.63, 3.8) is 0 Å². The summed E-state index contributed by atoms with van der Waals surface area (Å²) in [5.74, 6) is -1.23. The summed E-state index contributed by atoms with van der Waals surface area (Å²) in [7, 11) is 0. The second-order valence-corrected chi connectivity index (χ2v) is 3.30. The van der Waals surface area contributed by atoms with Crippen LogP contribution in [0.5, 0.6) is 0 Å². The third-order valence-corrected chi connectivity index (χ3v) is 2.19. The maximum Gasteiger partial charge on any atom is 0.352 e. The molecule has 0 saturated carbocycles. The van der Waals surface area contributed by atoms with Gasteiger partial charge in [-0.1, -0.05) is 6.08 Å². The molecule has 0 unspecified atom stereocenters. The molecule has 2 atom stereocenters. The van der Waals surface area contributed by atoms with Gasteiger partial charge in [-0.3, -0.25) is 4.57 Å². The van der Waals surface area contributed by atoms with E-state index in [2.05, 4.69) is 4.98 Å². The van der Waals surface area contributed by atoms with E-state index in [0.29, 0.717) is 0 Å². The van der Waals surface area contributed by atoms with Crippen molar-refractivity contribution < 1.29 is 14.2 Å². The topological polar surface area (TPSA) is 90.4 Å². The summed E-state index contributed by atoms with van der Waals surface area (Å²) in [6.07, 6.45) is 2.81. The van der Waals surface area contributed by atoms with Gasteiger partial charge in [0, 0.05) is 0 Å². The SMILES string of the molecule is Nc1nc(=O)n([C@@H]2C=C[C@H](CO)O2)cc1F. The number of aliphatic hydroxyl groups is 1. The van der Waals surface area contributed by atoms with Crippen molar-refractivity contribution in [1.82, 2.24) is 9.55 Å². The number of aliphatic hydroxyl groups excluding tert-OH is 1. The zero-order valence-electron chi connectivity index (χ0n) is 8.21. The van der Waals surface area contributed by atoms with Crippen molar-refractivity contribution in [3.8, 4) is 0 Å². The highest BCUT2D eigenvalue weighted by molar-refractivity contribution is 5.26. The number of nitrogen functional groups attached to an aromatic ring is 1. The van der Waals surface area contributed by atoms with Gasteiger partial charge in [0.15, 0.2) is 17.9 Å². The molecule has 6 nitrogen and oxygen atoms in total. The average molecular weight is 227 g/mol. The zero-order valence-corrected chi connectivity index (χ0v) is 8.21. The molecule has 0 amide bonds. The molecule has 1 aliphatic rings. The first kappa shape index (κ1) is 10.8. The summed E-state index contributed by atoms with van der Waals surface area (Å²) in [6, 6.07) is 0. The van der Waals surface area contributed by atoms with Gasteiger partial charge in [-0.2, -0.15) is 4.98 Å². The van der Waals surface area contributed by atoms with Crippen LogP contribution in [0.4, 0.5) is 10.2 Å². The van der Waals surface area contributed by atoms with E-state index in [9.17, 15) is 9.18 Å². The molecule has 0 saturated heterocycles. The standard InChI is InChI=1S/C9H10FN3O3/c10-6-3-13(9(15)12-8(6)11)7-2-1-5(4-14)16-7/h1-3,5,7,14H,4H2,(H2,11,12,15)/t5-,7+/m1/s1. The summed E-state index contributed by atoms with van der Waals surface area (Å²) < 4.78 is 19.3. The molecule has 7 heteroatoms. The van der Waals surface area contributed by atoms with E-state index in [-0.39, 0.29) is 6.61 Å². The highest BCUT2D eigenvalue weighted by atomic mass is 19.1. The number of hydrogen-bond acceptors (Lipinski definition) is 5.